The molecule has 3 heteroatoms. The molecule has 0 N–H and O–H groups in total. The predicted molar refractivity (Wildman–Crippen MR) is 66.4 cm³/mol. The highest BCUT2D eigenvalue weighted by molar-refractivity contribution is 7.99. The molecule has 1 rings (SSSR count). The zero-order valence-corrected chi connectivity index (χ0v) is 10.2. The molecule has 0 heterocycles. The average molecular weight is 228 g/mol. The van der Waals surface area contributed by atoms with Crippen LogP contribution in [0.5, 0.6) is 0 Å². The van der Waals surface area contributed by atoms with E-state index in [4.69, 9.17) is 11.6 Å². The van der Waals surface area contributed by atoms with Gasteiger partial charge in [0.2, 0.25) is 0 Å². The van der Waals surface area contributed by atoms with Crippen LogP contribution in [0.1, 0.15) is 26.3 Å². The minimum Gasteiger partial charge on any atom is -0.223 e. The summed E-state index contributed by atoms with van der Waals surface area (Å²) in [6.45, 7) is 6.38. The molecule has 0 aliphatic rings. The van der Waals surface area contributed by atoms with Crippen LogP contribution in [-0.2, 0) is 0 Å². The summed E-state index contributed by atoms with van der Waals surface area (Å²) in [5.74, 6) is 0. The van der Waals surface area contributed by atoms with E-state index >= 15 is 0 Å². The summed E-state index contributed by atoms with van der Waals surface area (Å²) in [5.41, 5.74) is 0.964. The van der Waals surface area contributed by atoms with Gasteiger partial charge in [0.15, 0.2) is 0 Å². The van der Waals surface area contributed by atoms with Crippen molar-refractivity contribution in [3.63, 3.8) is 0 Å². The summed E-state index contributed by atoms with van der Waals surface area (Å²) < 4.78 is 4.43. The number of benzene rings is 1. The summed E-state index contributed by atoms with van der Waals surface area (Å²) in [6, 6.07) is 7.69. The quantitative estimate of drug-likeness (QED) is 0.545. The maximum Gasteiger partial charge on any atom is 0.0494 e. The van der Waals surface area contributed by atoms with Gasteiger partial charge in [-0.3, -0.25) is 0 Å². The van der Waals surface area contributed by atoms with E-state index in [1.54, 1.807) is 18.2 Å². The van der Waals surface area contributed by atoms with Crippen LogP contribution >= 0.6 is 23.5 Å². The van der Waals surface area contributed by atoms with Crippen molar-refractivity contribution < 1.29 is 0 Å². The summed E-state index contributed by atoms with van der Waals surface area (Å²) in [7, 11) is 0. The van der Waals surface area contributed by atoms with Gasteiger partial charge in [0.1, 0.15) is 0 Å². The lowest BCUT2D eigenvalue weighted by molar-refractivity contribution is 0.804. The Kier molecular flexibility index (Phi) is 4.02. The minimum atomic E-state index is 0.151. The van der Waals surface area contributed by atoms with Crippen LogP contribution in [0.15, 0.2) is 28.7 Å². The second-order valence-corrected chi connectivity index (χ2v) is 5.99. The van der Waals surface area contributed by atoms with Gasteiger partial charge in [-0.05, 0) is 38.8 Å². The molecule has 0 atom stereocenters. The third-order valence-electron chi connectivity index (χ3n) is 1.42. The third kappa shape index (κ3) is 4.16. The van der Waals surface area contributed by atoms with E-state index < -0.39 is 0 Å². The first kappa shape index (κ1) is 11.6. The van der Waals surface area contributed by atoms with E-state index in [1.807, 2.05) is 24.3 Å². The Hall–Kier alpha value is -0.470. The molecule has 0 aliphatic carbocycles. The molecular weight excluding hydrogens is 214 g/mol. The maximum atomic E-state index is 5.97. The summed E-state index contributed by atoms with van der Waals surface area (Å²) in [5, 5.41) is 0.741. The first-order valence-corrected chi connectivity index (χ1v) is 5.60. The molecule has 0 fully saturated rings. The first-order chi connectivity index (χ1) is 6.49. The Morgan fingerprint density at radius 2 is 1.93 bits per heavy atom. The van der Waals surface area contributed by atoms with Crippen LogP contribution in [0.2, 0.25) is 5.02 Å². The standard InChI is InChI=1S/C11H14ClNS/c1-11(2,3)14-13-8-9-6-4-5-7-10(9)12/h4-8H,1-3H3/b13-8+. The van der Waals surface area contributed by atoms with Gasteiger partial charge in [0.05, 0.1) is 0 Å². The van der Waals surface area contributed by atoms with Crippen LogP contribution in [0.4, 0.5) is 0 Å². The lowest BCUT2D eigenvalue weighted by Gasteiger charge is -2.12. The van der Waals surface area contributed by atoms with E-state index in [-0.39, 0.29) is 4.75 Å². The lowest BCUT2D eigenvalue weighted by atomic mass is 10.2. The Morgan fingerprint density at radius 1 is 1.29 bits per heavy atom. The molecule has 0 radical (unpaired) electrons. The molecule has 0 aromatic heterocycles. The monoisotopic (exact) mass is 227 g/mol. The molecule has 0 saturated carbocycles. The van der Waals surface area contributed by atoms with E-state index in [9.17, 15) is 0 Å². The molecule has 0 saturated heterocycles. The number of hydrogen-bond donors (Lipinski definition) is 0. The minimum absolute atomic E-state index is 0.151. The second kappa shape index (κ2) is 4.85. The Morgan fingerprint density at radius 3 is 2.50 bits per heavy atom. The fraction of sp³-hybridized carbons (Fsp3) is 0.364. The van der Waals surface area contributed by atoms with Crippen molar-refractivity contribution in [2.75, 3.05) is 0 Å². The molecule has 0 amide bonds. The molecule has 76 valence electrons. The van der Waals surface area contributed by atoms with Gasteiger partial charge in [-0.1, -0.05) is 29.8 Å². The second-order valence-electron chi connectivity index (χ2n) is 3.96. The van der Waals surface area contributed by atoms with E-state index in [0.717, 1.165) is 10.6 Å². The fourth-order valence-electron chi connectivity index (χ4n) is 0.821. The van der Waals surface area contributed by atoms with Gasteiger partial charge >= 0.3 is 0 Å². The van der Waals surface area contributed by atoms with Crippen LogP contribution < -0.4 is 0 Å². The number of halogens is 1. The third-order valence-corrected chi connectivity index (χ3v) is 2.53. The molecule has 1 nitrogen and oxygen atoms in total. The molecule has 0 bridgehead atoms. The summed E-state index contributed by atoms with van der Waals surface area (Å²) in [6.07, 6.45) is 1.80. The number of hydrogen-bond acceptors (Lipinski definition) is 2. The highest BCUT2D eigenvalue weighted by atomic mass is 35.5. The normalized spacial score (nSPS) is 12.3. The molecule has 0 aliphatic heterocycles. The van der Waals surface area contributed by atoms with Gasteiger partial charge in [-0.2, -0.15) is 0 Å². The Balaban J connectivity index is 2.65. The van der Waals surface area contributed by atoms with Crippen molar-refractivity contribution >= 4 is 29.8 Å². The zero-order chi connectivity index (χ0) is 10.6. The first-order valence-electron chi connectivity index (χ1n) is 4.45. The van der Waals surface area contributed by atoms with E-state index in [0.29, 0.717) is 0 Å². The summed E-state index contributed by atoms with van der Waals surface area (Å²) in [4.78, 5) is 0. The van der Waals surface area contributed by atoms with Crippen LogP contribution in [0.25, 0.3) is 0 Å². The van der Waals surface area contributed by atoms with Crippen molar-refractivity contribution in [1.29, 1.82) is 0 Å². The van der Waals surface area contributed by atoms with Gasteiger partial charge in [-0.15, -0.1) is 0 Å². The average Bonchev–Trinajstić information content (AvgIpc) is 2.06. The van der Waals surface area contributed by atoms with Gasteiger partial charge in [-0.25, -0.2) is 4.40 Å². The predicted octanol–water partition coefficient (Wildman–Crippen LogP) is 4.21. The molecule has 14 heavy (non-hydrogen) atoms. The Bertz CT molecular complexity index is 328. The molecule has 1 aromatic carbocycles. The van der Waals surface area contributed by atoms with Gasteiger partial charge in [0, 0.05) is 21.5 Å². The SMILES string of the molecule is CC(C)(C)S/N=C/c1ccccc1Cl. The molecule has 1 aromatic rings. The van der Waals surface area contributed by atoms with Crippen molar-refractivity contribution in [1.82, 2.24) is 0 Å². The van der Waals surface area contributed by atoms with Crippen LogP contribution in [-0.4, -0.2) is 11.0 Å². The fourth-order valence-corrected chi connectivity index (χ4v) is 1.49. The zero-order valence-electron chi connectivity index (χ0n) is 8.62. The molecular formula is C11H14ClNS. The van der Waals surface area contributed by atoms with Gasteiger partial charge < -0.3 is 0 Å². The highest BCUT2D eigenvalue weighted by Crippen LogP contribution is 2.24. The van der Waals surface area contributed by atoms with E-state index in [2.05, 4.69) is 25.2 Å². The van der Waals surface area contributed by atoms with Crippen molar-refractivity contribution in [3.8, 4) is 0 Å². The van der Waals surface area contributed by atoms with Crippen molar-refractivity contribution in [3.05, 3.63) is 34.9 Å². The Labute approximate surface area is 94.7 Å². The van der Waals surface area contributed by atoms with Crippen molar-refractivity contribution in [2.24, 2.45) is 4.40 Å². The topological polar surface area (TPSA) is 12.4 Å². The lowest BCUT2D eigenvalue weighted by Crippen LogP contribution is -2.04. The number of nitrogens with zero attached hydrogens (tertiary/aromatic N) is 1. The summed E-state index contributed by atoms with van der Waals surface area (Å²) >= 11 is 7.52. The van der Waals surface area contributed by atoms with Crippen molar-refractivity contribution in [2.45, 2.75) is 25.5 Å². The highest BCUT2D eigenvalue weighted by Gasteiger charge is 2.08. The van der Waals surface area contributed by atoms with Crippen LogP contribution in [0.3, 0.4) is 0 Å². The molecule has 0 spiro atoms. The smallest absolute Gasteiger partial charge is 0.0494 e. The largest absolute Gasteiger partial charge is 0.223 e. The van der Waals surface area contributed by atoms with Crippen LogP contribution in [0, 0.1) is 0 Å². The molecule has 0 unspecified atom stereocenters. The van der Waals surface area contributed by atoms with E-state index in [1.165, 1.54) is 0 Å². The maximum absolute atomic E-state index is 5.97. The van der Waals surface area contributed by atoms with Gasteiger partial charge in [0.25, 0.3) is 0 Å². The number of rotatable bonds is 2.